The van der Waals surface area contributed by atoms with E-state index in [1.54, 1.807) is 19.1 Å². The lowest BCUT2D eigenvalue weighted by Gasteiger charge is -2.15. The van der Waals surface area contributed by atoms with Crippen molar-refractivity contribution in [1.82, 2.24) is 4.31 Å². The number of halogens is 1. The molecule has 0 heterocycles. The molecule has 0 spiro atoms. The van der Waals surface area contributed by atoms with Crippen LogP contribution in [-0.4, -0.2) is 32.7 Å². The van der Waals surface area contributed by atoms with Crippen LogP contribution in [0.1, 0.15) is 15.9 Å². The van der Waals surface area contributed by atoms with E-state index >= 15 is 0 Å². The monoisotopic (exact) mass is 336 g/mol. The lowest BCUT2D eigenvalue weighted by atomic mass is 10.2. The van der Waals surface area contributed by atoms with Gasteiger partial charge in [-0.1, -0.05) is 12.1 Å². The Morgan fingerprint density at radius 2 is 1.83 bits per heavy atom. The van der Waals surface area contributed by atoms with Crippen molar-refractivity contribution >= 4 is 21.6 Å². The van der Waals surface area contributed by atoms with Crippen molar-refractivity contribution in [3.05, 3.63) is 59.4 Å². The third-order valence-electron chi connectivity index (χ3n) is 3.29. The zero-order valence-corrected chi connectivity index (χ0v) is 13.8. The average molecular weight is 336 g/mol. The zero-order valence-electron chi connectivity index (χ0n) is 13.0. The van der Waals surface area contributed by atoms with E-state index in [1.165, 1.54) is 38.4 Å². The molecule has 0 bridgehead atoms. The lowest BCUT2D eigenvalue weighted by Crippen LogP contribution is -2.23. The fourth-order valence-corrected chi connectivity index (χ4v) is 3.13. The summed E-state index contributed by atoms with van der Waals surface area (Å²) in [5, 5.41) is 2.58. The fraction of sp³-hybridized carbons (Fsp3) is 0.188. The van der Waals surface area contributed by atoms with Gasteiger partial charge in [0, 0.05) is 25.3 Å². The molecule has 5 nitrogen and oxygen atoms in total. The molecule has 0 fully saturated rings. The number of sulfonamides is 1. The Hall–Kier alpha value is -2.25. The van der Waals surface area contributed by atoms with Crippen LogP contribution in [-0.2, 0) is 10.0 Å². The van der Waals surface area contributed by atoms with Crippen LogP contribution in [0.5, 0.6) is 0 Å². The maximum absolute atomic E-state index is 13.2. The van der Waals surface area contributed by atoms with Crippen LogP contribution in [0.15, 0.2) is 47.4 Å². The molecule has 0 aliphatic heterocycles. The van der Waals surface area contributed by atoms with Gasteiger partial charge < -0.3 is 5.32 Å². The molecule has 0 atom stereocenters. The highest BCUT2D eigenvalue weighted by molar-refractivity contribution is 7.89. The predicted octanol–water partition coefficient (Wildman–Crippen LogP) is 2.64. The maximum Gasteiger partial charge on any atom is 0.255 e. The number of hydrogen-bond donors (Lipinski definition) is 1. The first-order valence-corrected chi connectivity index (χ1v) is 8.26. The highest BCUT2D eigenvalue weighted by Crippen LogP contribution is 2.22. The van der Waals surface area contributed by atoms with Gasteiger partial charge in [0.1, 0.15) is 5.82 Å². The molecule has 2 aromatic carbocycles. The van der Waals surface area contributed by atoms with Crippen LogP contribution in [0, 0.1) is 12.7 Å². The lowest BCUT2D eigenvalue weighted by molar-refractivity contribution is 0.102. The summed E-state index contributed by atoms with van der Waals surface area (Å²) in [6, 6.07) is 9.86. The molecule has 2 aromatic rings. The summed E-state index contributed by atoms with van der Waals surface area (Å²) >= 11 is 0. The molecule has 0 saturated carbocycles. The number of benzene rings is 2. The van der Waals surface area contributed by atoms with Crippen LogP contribution >= 0.6 is 0 Å². The van der Waals surface area contributed by atoms with Crippen molar-refractivity contribution in [1.29, 1.82) is 0 Å². The highest BCUT2D eigenvalue weighted by Gasteiger charge is 2.20. The molecule has 2 rings (SSSR count). The Bertz CT molecular complexity index is 848. The van der Waals surface area contributed by atoms with Gasteiger partial charge in [0.2, 0.25) is 10.0 Å². The Kier molecular flexibility index (Phi) is 4.82. The highest BCUT2D eigenvalue weighted by atomic mass is 32.2. The van der Waals surface area contributed by atoms with E-state index in [9.17, 15) is 17.6 Å². The molecule has 7 heteroatoms. The molecule has 122 valence electrons. The number of aryl methyl sites for hydroxylation is 1. The number of amides is 1. The molecular weight excluding hydrogens is 319 g/mol. The van der Waals surface area contributed by atoms with E-state index in [0.717, 1.165) is 10.4 Å². The Morgan fingerprint density at radius 3 is 2.43 bits per heavy atom. The summed E-state index contributed by atoms with van der Waals surface area (Å²) in [5.74, 6) is -1.03. The topological polar surface area (TPSA) is 66.5 Å². The van der Waals surface area contributed by atoms with E-state index < -0.39 is 21.7 Å². The van der Waals surface area contributed by atoms with Gasteiger partial charge in [-0.3, -0.25) is 4.79 Å². The molecular formula is C16H17FN2O3S. The molecule has 0 aliphatic rings. The fourth-order valence-electron chi connectivity index (χ4n) is 1.99. The SMILES string of the molecule is Cc1ccc(NC(=O)c2cccc(F)c2)cc1S(=O)(=O)N(C)C. The Balaban J connectivity index is 2.34. The van der Waals surface area contributed by atoms with Crippen LogP contribution in [0.4, 0.5) is 10.1 Å². The van der Waals surface area contributed by atoms with Crippen LogP contribution < -0.4 is 5.32 Å². The third kappa shape index (κ3) is 3.75. The molecule has 0 radical (unpaired) electrons. The van der Waals surface area contributed by atoms with Gasteiger partial charge in [0.15, 0.2) is 0 Å². The van der Waals surface area contributed by atoms with Crippen molar-refractivity contribution in [3.8, 4) is 0 Å². The van der Waals surface area contributed by atoms with E-state index in [4.69, 9.17) is 0 Å². The van der Waals surface area contributed by atoms with Crippen LogP contribution in [0.2, 0.25) is 0 Å². The van der Waals surface area contributed by atoms with Gasteiger partial charge >= 0.3 is 0 Å². The second-order valence-electron chi connectivity index (χ2n) is 5.23. The molecule has 0 aromatic heterocycles. The molecule has 23 heavy (non-hydrogen) atoms. The second kappa shape index (κ2) is 6.47. The number of rotatable bonds is 4. The number of hydrogen-bond acceptors (Lipinski definition) is 3. The molecule has 1 N–H and O–H groups in total. The molecule has 0 aliphatic carbocycles. The zero-order chi connectivity index (χ0) is 17.2. The second-order valence-corrected chi connectivity index (χ2v) is 7.35. The van der Waals surface area contributed by atoms with E-state index in [1.807, 2.05) is 0 Å². The van der Waals surface area contributed by atoms with Crippen molar-refractivity contribution in [2.75, 3.05) is 19.4 Å². The normalized spacial score (nSPS) is 11.5. The number of nitrogens with zero attached hydrogens (tertiary/aromatic N) is 1. The Labute approximate surface area is 134 Å². The summed E-state index contributed by atoms with van der Waals surface area (Å²) < 4.78 is 38.8. The molecule has 0 saturated heterocycles. The van der Waals surface area contributed by atoms with Gasteiger partial charge in [0.05, 0.1) is 4.90 Å². The molecule has 1 amide bonds. The van der Waals surface area contributed by atoms with E-state index in [0.29, 0.717) is 11.3 Å². The largest absolute Gasteiger partial charge is 0.322 e. The number of carbonyl (C=O) groups is 1. The number of carbonyl (C=O) groups excluding carboxylic acids is 1. The number of nitrogens with one attached hydrogen (secondary N) is 1. The first-order chi connectivity index (χ1) is 10.7. The maximum atomic E-state index is 13.2. The summed E-state index contributed by atoms with van der Waals surface area (Å²) in [6.07, 6.45) is 0. The van der Waals surface area contributed by atoms with Gasteiger partial charge in [-0.05, 0) is 42.8 Å². The van der Waals surface area contributed by atoms with Gasteiger partial charge in [-0.25, -0.2) is 17.1 Å². The minimum atomic E-state index is -3.62. The van der Waals surface area contributed by atoms with E-state index in [-0.39, 0.29) is 10.5 Å². The average Bonchev–Trinajstić information content (AvgIpc) is 2.48. The standard InChI is InChI=1S/C16H17FN2O3S/c1-11-7-8-14(10-15(11)23(21,22)19(2)3)18-16(20)12-5-4-6-13(17)9-12/h4-10H,1-3H3,(H,18,20). The minimum absolute atomic E-state index is 0.111. The van der Waals surface area contributed by atoms with Gasteiger partial charge in [-0.2, -0.15) is 0 Å². The molecule has 0 unspecified atom stereocenters. The first-order valence-electron chi connectivity index (χ1n) is 6.82. The smallest absolute Gasteiger partial charge is 0.255 e. The summed E-state index contributed by atoms with van der Waals surface area (Å²) in [6.45, 7) is 1.68. The van der Waals surface area contributed by atoms with Crippen molar-refractivity contribution in [3.63, 3.8) is 0 Å². The van der Waals surface area contributed by atoms with Crippen molar-refractivity contribution in [2.45, 2.75) is 11.8 Å². The quantitative estimate of drug-likeness (QED) is 0.933. The van der Waals surface area contributed by atoms with Crippen molar-refractivity contribution < 1.29 is 17.6 Å². The van der Waals surface area contributed by atoms with Crippen LogP contribution in [0.25, 0.3) is 0 Å². The summed E-state index contributed by atoms with van der Waals surface area (Å²) in [4.78, 5) is 12.2. The summed E-state index contributed by atoms with van der Waals surface area (Å²) in [7, 11) is -0.741. The van der Waals surface area contributed by atoms with Gasteiger partial charge in [0.25, 0.3) is 5.91 Å². The first kappa shape index (κ1) is 17.1. The van der Waals surface area contributed by atoms with Gasteiger partial charge in [-0.15, -0.1) is 0 Å². The van der Waals surface area contributed by atoms with E-state index in [2.05, 4.69) is 5.32 Å². The predicted molar refractivity (Wildman–Crippen MR) is 86.4 cm³/mol. The van der Waals surface area contributed by atoms with Crippen molar-refractivity contribution in [2.24, 2.45) is 0 Å². The Morgan fingerprint density at radius 1 is 1.13 bits per heavy atom. The minimum Gasteiger partial charge on any atom is -0.322 e. The number of anilines is 1. The third-order valence-corrected chi connectivity index (χ3v) is 5.25. The summed E-state index contributed by atoms with van der Waals surface area (Å²) in [5.41, 5.74) is 1.05. The van der Waals surface area contributed by atoms with Crippen LogP contribution in [0.3, 0.4) is 0 Å².